The second kappa shape index (κ2) is 8.16. The molecule has 1 saturated heterocycles. The molecule has 0 radical (unpaired) electrons. The molecule has 7 heteroatoms. The molecule has 0 bridgehead atoms. The molecule has 1 N–H and O–H groups in total. The minimum absolute atomic E-state index is 0.0942. The molecule has 1 aliphatic heterocycles. The Bertz CT molecular complexity index is 800. The van der Waals surface area contributed by atoms with E-state index in [0.29, 0.717) is 26.1 Å². The number of nitrogens with one attached hydrogen (secondary N) is 1. The molecule has 7 nitrogen and oxygen atoms in total. The zero-order chi connectivity index (χ0) is 19.4. The van der Waals surface area contributed by atoms with E-state index >= 15 is 0 Å². The van der Waals surface area contributed by atoms with Crippen molar-refractivity contribution < 1.29 is 18.7 Å². The number of furan rings is 1. The summed E-state index contributed by atoms with van der Waals surface area (Å²) in [6.45, 7) is 5.04. The molecule has 144 valence electrons. The van der Waals surface area contributed by atoms with Crippen LogP contribution in [0.2, 0.25) is 0 Å². The molecule has 2 aromatic rings. The van der Waals surface area contributed by atoms with Crippen molar-refractivity contribution in [2.24, 2.45) is 0 Å². The Balaban J connectivity index is 1.55. The summed E-state index contributed by atoms with van der Waals surface area (Å²) in [5, 5.41) is 2.87. The predicted molar refractivity (Wildman–Crippen MR) is 102 cm³/mol. The van der Waals surface area contributed by atoms with E-state index in [4.69, 9.17) is 9.15 Å². The lowest BCUT2D eigenvalue weighted by atomic mass is 10.1. The van der Waals surface area contributed by atoms with E-state index in [1.165, 1.54) is 0 Å². The molecule has 3 rings (SSSR count). The van der Waals surface area contributed by atoms with Crippen LogP contribution in [0.15, 0.2) is 40.8 Å². The van der Waals surface area contributed by atoms with E-state index in [9.17, 15) is 9.59 Å². The van der Waals surface area contributed by atoms with Gasteiger partial charge in [0, 0.05) is 31.7 Å². The highest BCUT2D eigenvalue weighted by Gasteiger charge is 2.34. The number of urea groups is 1. The largest absolute Gasteiger partial charge is 0.497 e. The first kappa shape index (κ1) is 18.8. The topological polar surface area (TPSA) is 75.0 Å². The van der Waals surface area contributed by atoms with Crippen LogP contribution in [0.1, 0.15) is 18.4 Å². The Labute approximate surface area is 158 Å². The van der Waals surface area contributed by atoms with Crippen LogP contribution in [-0.2, 0) is 11.2 Å². The average molecular weight is 371 g/mol. The van der Waals surface area contributed by atoms with E-state index < -0.39 is 6.04 Å². The number of hydrogen-bond acceptors (Lipinski definition) is 4. The van der Waals surface area contributed by atoms with Crippen LogP contribution in [-0.4, -0.2) is 49.6 Å². The molecule has 1 aromatic carbocycles. The van der Waals surface area contributed by atoms with Crippen molar-refractivity contribution in [3.05, 3.63) is 47.9 Å². The molecule has 0 saturated carbocycles. The summed E-state index contributed by atoms with van der Waals surface area (Å²) in [7, 11) is 1.60. The third kappa shape index (κ3) is 4.24. The maximum atomic E-state index is 12.8. The number of anilines is 1. The first-order valence-corrected chi connectivity index (χ1v) is 9.05. The van der Waals surface area contributed by atoms with Gasteiger partial charge in [0.05, 0.1) is 7.11 Å². The lowest BCUT2D eigenvalue weighted by Crippen LogP contribution is -2.59. The fourth-order valence-corrected chi connectivity index (χ4v) is 3.18. The summed E-state index contributed by atoms with van der Waals surface area (Å²) < 4.78 is 10.6. The lowest BCUT2D eigenvalue weighted by Gasteiger charge is -2.39. The number of amides is 3. The molecule has 1 atom stereocenters. The molecule has 0 unspecified atom stereocenters. The highest BCUT2D eigenvalue weighted by molar-refractivity contribution is 6.00. The van der Waals surface area contributed by atoms with Crippen LogP contribution in [0, 0.1) is 6.92 Å². The second-order valence-corrected chi connectivity index (χ2v) is 6.55. The minimum atomic E-state index is -0.522. The number of carbonyl (C=O) groups excluding carboxylic acids is 2. The van der Waals surface area contributed by atoms with Crippen LogP contribution in [0.4, 0.5) is 10.5 Å². The first-order chi connectivity index (χ1) is 13.0. The Kier molecular flexibility index (Phi) is 5.69. The van der Waals surface area contributed by atoms with Crippen molar-refractivity contribution in [2.75, 3.05) is 31.6 Å². The van der Waals surface area contributed by atoms with Crippen LogP contribution >= 0.6 is 0 Å². The van der Waals surface area contributed by atoms with Crippen molar-refractivity contribution in [3.63, 3.8) is 0 Å². The highest BCUT2D eigenvalue weighted by Crippen LogP contribution is 2.23. The Morgan fingerprint density at radius 2 is 1.96 bits per heavy atom. The molecular formula is C20H25N3O4. The standard InChI is InChI=1S/C20H25N3O4/c1-14-4-7-18(27-14)10-11-21-20(25)22-12-13-23(19(24)15(22)2)16-5-8-17(26-3)9-6-16/h4-9,15H,10-13H2,1-3H3,(H,21,25)/t15-/m0/s1. The number of benzene rings is 1. The SMILES string of the molecule is COc1ccc(N2CCN(C(=O)NCCc3ccc(C)o3)[C@@H](C)C2=O)cc1. The van der Waals surface area contributed by atoms with Crippen LogP contribution in [0.3, 0.4) is 0 Å². The maximum Gasteiger partial charge on any atom is 0.318 e. The van der Waals surface area contributed by atoms with Crippen molar-refractivity contribution in [2.45, 2.75) is 26.3 Å². The summed E-state index contributed by atoms with van der Waals surface area (Å²) in [5.41, 5.74) is 0.806. The van der Waals surface area contributed by atoms with Gasteiger partial charge in [-0.25, -0.2) is 4.79 Å². The number of piperazine rings is 1. The molecule has 0 aliphatic carbocycles. The van der Waals surface area contributed by atoms with Gasteiger partial charge in [-0.05, 0) is 50.2 Å². The van der Waals surface area contributed by atoms with Gasteiger partial charge < -0.3 is 24.3 Å². The van der Waals surface area contributed by atoms with E-state index in [2.05, 4.69) is 5.32 Å². The van der Waals surface area contributed by atoms with Gasteiger partial charge in [-0.1, -0.05) is 0 Å². The smallest absolute Gasteiger partial charge is 0.318 e. The average Bonchev–Trinajstić information content (AvgIpc) is 3.09. The monoisotopic (exact) mass is 371 g/mol. The first-order valence-electron chi connectivity index (χ1n) is 9.05. The fourth-order valence-electron chi connectivity index (χ4n) is 3.18. The Hall–Kier alpha value is -2.96. The molecule has 3 amide bonds. The molecule has 27 heavy (non-hydrogen) atoms. The van der Waals surface area contributed by atoms with Gasteiger partial charge in [-0.3, -0.25) is 4.79 Å². The summed E-state index contributed by atoms with van der Waals surface area (Å²) in [5.74, 6) is 2.33. The maximum absolute atomic E-state index is 12.8. The lowest BCUT2D eigenvalue weighted by molar-refractivity contribution is -0.124. The number of ether oxygens (including phenoxy) is 1. The predicted octanol–water partition coefficient (Wildman–Crippen LogP) is 2.59. The Morgan fingerprint density at radius 3 is 2.59 bits per heavy atom. The number of rotatable bonds is 5. The van der Waals surface area contributed by atoms with Gasteiger partial charge in [0.25, 0.3) is 0 Å². The zero-order valence-electron chi connectivity index (χ0n) is 15.9. The van der Waals surface area contributed by atoms with Crippen molar-refractivity contribution in [1.29, 1.82) is 0 Å². The molecular weight excluding hydrogens is 346 g/mol. The van der Waals surface area contributed by atoms with E-state index in [1.807, 2.05) is 43.3 Å². The summed E-state index contributed by atoms with van der Waals surface area (Å²) in [6.07, 6.45) is 0.619. The quantitative estimate of drug-likeness (QED) is 0.877. The molecule has 1 aliphatic rings. The number of carbonyl (C=O) groups is 2. The van der Waals surface area contributed by atoms with E-state index in [0.717, 1.165) is 23.0 Å². The van der Waals surface area contributed by atoms with Crippen molar-refractivity contribution >= 4 is 17.6 Å². The molecule has 0 spiro atoms. The molecule has 2 heterocycles. The van der Waals surface area contributed by atoms with Gasteiger partial charge in [-0.15, -0.1) is 0 Å². The van der Waals surface area contributed by atoms with Gasteiger partial charge >= 0.3 is 6.03 Å². The Morgan fingerprint density at radius 1 is 1.22 bits per heavy atom. The van der Waals surface area contributed by atoms with Gasteiger partial charge in [0.2, 0.25) is 5.91 Å². The number of methoxy groups -OCH3 is 1. The van der Waals surface area contributed by atoms with Crippen LogP contribution in [0.5, 0.6) is 5.75 Å². The number of hydrogen-bond donors (Lipinski definition) is 1. The molecule has 1 aromatic heterocycles. The van der Waals surface area contributed by atoms with Crippen molar-refractivity contribution in [3.8, 4) is 5.75 Å². The second-order valence-electron chi connectivity index (χ2n) is 6.55. The van der Waals surface area contributed by atoms with E-state index in [1.54, 1.807) is 23.8 Å². The third-order valence-electron chi connectivity index (χ3n) is 4.74. The molecule has 1 fully saturated rings. The summed E-state index contributed by atoms with van der Waals surface area (Å²) in [6, 6.07) is 10.4. The van der Waals surface area contributed by atoms with E-state index in [-0.39, 0.29) is 11.9 Å². The van der Waals surface area contributed by atoms with Crippen LogP contribution < -0.4 is 15.0 Å². The minimum Gasteiger partial charge on any atom is -0.497 e. The normalized spacial score (nSPS) is 17.1. The summed E-state index contributed by atoms with van der Waals surface area (Å²) >= 11 is 0. The van der Waals surface area contributed by atoms with Gasteiger partial charge in [0.15, 0.2) is 0 Å². The zero-order valence-corrected chi connectivity index (χ0v) is 15.9. The fraction of sp³-hybridized carbons (Fsp3) is 0.400. The van der Waals surface area contributed by atoms with Gasteiger partial charge in [0.1, 0.15) is 23.3 Å². The summed E-state index contributed by atoms with van der Waals surface area (Å²) in [4.78, 5) is 28.5. The highest BCUT2D eigenvalue weighted by atomic mass is 16.5. The van der Waals surface area contributed by atoms with Gasteiger partial charge in [-0.2, -0.15) is 0 Å². The third-order valence-corrected chi connectivity index (χ3v) is 4.74. The number of nitrogens with zero attached hydrogens (tertiary/aromatic N) is 2. The van der Waals surface area contributed by atoms with Crippen molar-refractivity contribution in [1.82, 2.24) is 10.2 Å². The van der Waals surface area contributed by atoms with Crippen LogP contribution in [0.25, 0.3) is 0 Å². The number of aryl methyl sites for hydroxylation is 1.